The largest absolute Gasteiger partial charge is 0.431 e. The van der Waals surface area contributed by atoms with Crippen molar-refractivity contribution in [2.75, 3.05) is 6.26 Å². The molecule has 4 nitrogen and oxygen atoms in total. The summed E-state index contributed by atoms with van der Waals surface area (Å²) in [6, 6.07) is 6.07. The van der Waals surface area contributed by atoms with E-state index in [0.717, 1.165) is 11.1 Å². The molecule has 102 valence electrons. The summed E-state index contributed by atoms with van der Waals surface area (Å²) < 4.78 is 28.1. The van der Waals surface area contributed by atoms with Crippen LogP contribution in [0.2, 0.25) is 5.15 Å². The average molecular weight is 338 g/mol. The van der Waals surface area contributed by atoms with E-state index >= 15 is 0 Å². The van der Waals surface area contributed by atoms with Crippen LogP contribution < -0.4 is 4.74 Å². The molecule has 19 heavy (non-hydrogen) atoms. The first-order valence-electron chi connectivity index (χ1n) is 5.09. The molecule has 0 aliphatic heterocycles. The zero-order valence-electron chi connectivity index (χ0n) is 9.76. The van der Waals surface area contributed by atoms with E-state index in [1.165, 1.54) is 23.5 Å². The van der Waals surface area contributed by atoms with E-state index in [-0.39, 0.29) is 10.8 Å². The van der Waals surface area contributed by atoms with E-state index in [1.54, 1.807) is 12.1 Å². The molecule has 0 aliphatic rings. The summed E-state index contributed by atoms with van der Waals surface area (Å²) in [6.45, 7) is 0. The molecular weight excluding hydrogens is 329 g/mol. The van der Waals surface area contributed by atoms with Crippen molar-refractivity contribution in [1.82, 2.24) is 4.98 Å². The van der Waals surface area contributed by atoms with E-state index in [0.29, 0.717) is 16.1 Å². The van der Waals surface area contributed by atoms with Crippen LogP contribution in [0.3, 0.4) is 0 Å². The van der Waals surface area contributed by atoms with E-state index in [4.69, 9.17) is 27.9 Å². The predicted octanol–water partition coefficient (Wildman–Crippen LogP) is 3.73. The van der Waals surface area contributed by atoms with E-state index in [9.17, 15) is 8.42 Å². The lowest BCUT2D eigenvalue weighted by Gasteiger charge is -2.02. The molecule has 2 aromatic rings. The molecule has 0 bridgehead atoms. The van der Waals surface area contributed by atoms with Gasteiger partial charge in [0.25, 0.3) is 5.19 Å². The average Bonchev–Trinajstić information content (AvgIpc) is 2.69. The van der Waals surface area contributed by atoms with Gasteiger partial charge in [-0.25, -0.2) is 8.42 Å². The summed E-state index contributed by atoms with van der Waals surface area (Å²) in [5.74, 6) is 0.756. The summed E-state index contributed by atoms with van der Waals surface area (Å²) in [6.07, 6.45) is 1.15. The number of nitrogens with zero attached hydrogens (tertiary/aromatic N) is 1. The van der Waals surface area contributed by atoms with E-state index in [2.05, 4.69) is 4.98 Å². The highest BCUT2D eigenvalue weighted by molar-refractivity contribution is 7.90. The molecular formula is C11H9Cl2NO3S2. The Labute approximate surface area is 124 Å². The minimum atomic E-state index is -3.21. The molecule has 1 aromatic carbocycles. The third-order valence-corrected chi connectivity index (χ3v) is 5.12. The fraction of sp³-hybridized carbons (Fsp3) is 0.182. The molecule has 0 unspecified atom stereocenters. The van der Waals surface area contributed by atoms with Crippen LogP contribution in [-0.2, 0) is 15.7 Å². The second kappa shape index (κ2) is 5.66. The summed E-state index contributed by atoms with van der Waals surface area (Å²) in [5.41, 5.74) is 0. The molecule has 0 spiro atoms. The molecule has 0 saturated carbocycles. The van der Waals surface area contributed by atoms with E-state index in [1.807, 2.05) is 0 Å². The Morgan fingerprint density at radius 1 is 1.32 bits per heavy atom. The highest BCUT2D eigenvalue weighted by Crippen LogP contribution is 2.33. The molecule has 0 fully saturated rings. The van der Waals surface area contributed by atoms with Crippen LogP contribution in [0.1, 0.15) is 4.88 Å². The lowest BCUT2D eigenvalue weighted by molar-refractivity contribution is 0.478. The Morgan fingerprint density at radius 3 is 2.42 bits per heavy atom. The lowest BCUT2D eigenvalue weighted by Crippen LogP contribution is -1.96. The van der Waals surface area contributed by atoms with Gasteiger partial charge in [0.05, 0.1) is 15.7 Å². The van der Waals surface area contributed by atoms with Crippen molar-refractivity contribution in [2.24, 2.45) is 0 Å². The van der Waals surface area contributed by atoms with Crippen LogP contribution in [0.25, 0.3) is 0 Å². The molecule has 0 amide bonds. The topological polar surface area (TPSA) is 56.3 Å². The molecule has 2 rings (SSSR count). The predicted molar refractivity (Wildman–Crippen MR) is 76.3 cm³/mol. The monoisotopic (exact) mass is 337 g/mol. The fourth-order valence-corrected chi connectivity index (χ4v) is 3.26. The van der Waals surface area contributed by atoms with Gasteiger partial charge >= 0.3 is 0 Å². The van der Waals surface area contributed by atoms with Crippen LogP contribution >= 0.6 is 34.5 Å². The first-order chi connectivity index (χ1) is 8.90. The second-order valence-electron chi connectivity index (χ2n) is 3.67. The maximum atomic E-state index is 11.3. The normalized spacial score (nSPS) is 11.5. The van der Waals surface area contributed by atoms with Crippen LogP contribution in [0.5, 0.6) is 10.9 Å². The second-order valence-corrected chi connectivity index (χ2v) is 7.36. The van der Waals surface area contributed by atoms with E-state index < -0.39 is 9.84 Å². The number of benzene rings is 1. The SMILES string of the molecule is CS(=O)(=O)c1ccc(Oc2nc(Cl)c(CCl)s2)cc1. The van der Waals surface area contributed by atoms with Crippen molar-refractivity contribution in [3.8, 4) is 10.9 Å². The lowest BCUT2D eigenvalue weighted by atomic mass is 10.3. The quantitative estimate of drug-likeness (QED) is 0.797. The van der Waals surface area contributed by atoms with Crippen molar-refractivity contribution < 1.29 is 13.2 Å². The zero-order chi connectivity index (χ0) is 14.0. The van der Waals surface area contributed by atoms with Crippen LogP contribution in [0.4, 0.5) is 0 Å². The number of ether oxygens (including phenoxy) is 1. The Kier molecular flexibility index (Phi) is 4.35. The number of aromatic nitrogens is 1. The number of hydrogen-bond acceptors (Lipinski definition) is 5. The first-order valence-corrected chi connectivity index (χ1v) is 8.71. The standard InChI is InChI=1S/C11H9Cl2NO3S2/c1-19(15,16)8-4-2-7(3-5-8)17-11-14-10(13)9(6-12)18-11/h2-5H,6H2,1H3. The molecule has 0 atom stereocenters. The van der Waals surface area contributed by atoms with Crippen LogP contribution in [0, 0.1) is 0 Å². The first kappa shape index (κ1) is 14.6. The Morgan fingerprint density at radius 2 is 1.95 bits per heavy atom. The van der Waals surface area contributed by atoms with Gasteiger partial charge in [-0.1, -0.05) is 22.9 Å². The molecule has 0 saturated heterocycles. The Balaban J connectivity index is 2.19. The number of halogens is 2. The fourth-order valence-electron chi connectivity index (χ4n) is 1.29. The van der Waals surface area contributed by atoms with Crippen molar-refractivity contribution in [3.05, 3.63) is 34.3 Å². The van der Waals surface area contributed by atoms with Gasteiger partial charge in [-0.3, -0.25) is 0 Å². The van der Waals surface area contributed by atoms with Gasteiger partial charge in [0.15, 0.2) is 9.84 Å². The van der Waals surface area contributed by atoms with Crippen molar-refractivity contribution in [1.29, 1.82) is 0 Å². The summed E-state index contributed by atoms with van der Waals surface area (Å²) >= 11 is 12.8. The Bertz CT molecular complexity index is 680. The zero-order valence-corrected chi connectivity index (χ0v) is 12.9. The minimum Gasteiger partial charge on any atom is -0.431 e. The molecule has 1 heterocycles. The van der Waals surface area contributed by atoms with Crippen LogP contribution in [0.15, 0.2) is 29.2 Å². The van der Waals surface area contributed by atoms with Gasteiger partial charge in [0, 0.05) is 6.26 Å². The van der Waals surface area contributed by atoms with Gasteiger partial charge in [-0.2, -0.15) is 4.98 Å². The summed E-state index contributed by atoms with van der Waals surface area (Å²) in [4.78, 5) is 4.97. The maximum absolute atomic E-state index is 11.3. The third kappa shape index (κ3) is 3.60. The van der Waals surface area contributed by atoms with Gasteiger partial charge in [-0.05, 0) is 24.3 Å². The van der Waals surface area contributed by atoms with Crippen molar-refractivity contribution in [3.63, 3.8) is 0 Å². The maximum Gasteiger partial charge on any atom is 0.280 e. The van der Waals surface area contributed by atoms with Gasteiger partial charge < -0.3 is 4.74 Å². The number of hydrogen-bond donors (Lipinski definition) is 0. The molecule has 0 aliphatic carbocycles. The number of alkyl halides is 1. The smallest absolute Gasteiger partial charge is 0.280 e. The minimum absolute atomic E-state index is 0.235. The number of thiazole rings is 1. The third-order valence-electron chi connectivity index (χ3n) is 2.21. The Hall–Kier alpha value is -0.820. The highest BCUT2D eigenvalue weighted by atomic mass is 35.5. The molecule has 1 aromatic heterocycles. The van der Waals surface area contributed by atoms with Crippen molar-refractivity contribution >= 4 is 44.4 Å². The summed E-state index contributed by atoms with van der Waals surface area (Å²) in [7, 11) is -3.21. The van der Waals surface area contributed by atoms with Gasteiger partial charge in [-0.15, -0.1) is 11.6 Å². The molecule has 0 N–H and O–H groups in total. The van der Waals surface area contributed by atoms with Crippen molar-refractivity contribution in [2.45, 2.75) is 10.8 Å². The number of rotatable bonds is 4. The molecule has 0 radical (unpaired) electrons. The van der Waals surface area contributed by atoms with Gasteiger partial charge in [0.2, 0.25) is 0 Å². The van der Waals surface area contributed by atoms with Gasteiger partial charge in [0.1, 0.15) is 10.9 Å². The molecule has 8 heteroatoms. The summed E-state index contributed by atoms with van der Waals surface area (Å²) in [5, 5.41) is 0.690. The highest BCUT2D eigenvalue weighted by Gasteiger charge is 2.11. The number of sulfone groups is 1. The van der Waals surface area contributed by atoms with Crippen LogP contribution in [-0.4, -0.2) is 19.7 Å².